The Hall–Kier alpha value is -0.300. The van der Waals surface area contributed by atoms with Crippen LogP contribution in [0.3, 0.4) is 0 Å². The minimum atomic E-state index is -0.105. The van der Waals surface area contributed by atoms with Gasteiger partial charge in [-0.1, -0.05) is 32.9 Å². The van der Waals surface area contributed by atoms with Gasteiger partial charge in [0.25, 0.3) is 0 Å². The number of rotatable bonds is 0. The summed E-state index contributed by atoms with van der Waals surface area (Å²) in [6.07, 6.45) is 9.04. The van der Waals surface area contributed by atoms with Gasteiger partial charge in [0.15, 0.2) is 0 Å². The predicted octanol–water partition coefficient (Wildman–Crippen LogP) is 3.14. The van der Waals surface area contributed by atoms with Gasteiger partial charge in [-0.05, 0) is 42.4 Å². The number of aliphatic hydroxyl groups is 1. The van der Waals surface area contributed by atoms with Crippen LogP contribution in [0.4, 0.5) is 0 Å². The van der Waals surface area contributed by atoms with E-state index in [-0.39, 0.29) is 11.5 Å². The molecule has 1 heteroatoms. The lowest BCUT2D eigenvalue weighted by Crippen LogP contribution is -2.50. The molecule has 0 spiro atoms. The summed E-state index contributed by atoms with van der Waals surface area (Å²) in [5.74, 6) is 0.656. The van der Waals surface area contributed by atoms with Crippen LogP contribution in [-0.4, -0.2) is 11.2 Å². The molecule has 0 aromatic carbocycles. The molecule has 1 nitrogen and oxygen atoms in total. The third-order valence-corrected chi connectivity index (χ3v) is 4.71. The smallest absolute Gasteiger partial charge is 0.0594 e. The quantitative estimate of drug-likeness (QED) is 0.587. The fourth-order valence-corrected chi connectivity index (χ4v) is 3.56. The van der Waals surface area contributed by atoms with Crippen molar-refractivity contribution in [1.82, 2.24) is 0 Å². The lowest BCUT2D eigenvalue weighted by Gasteiger charge is -2.54. The molecule has 14 heavy (non-hydrogen) atoms. The first-order valence-electron chi connectivity index (χ1n) is 5.80. The molecule has 1 saturated carbocycles. The molecular weight excluding hydrogens is 172 g/mol. The number of fused-ring (bicyclic) bond motifs is 1. The summed E-state index contributed by atoms with van der Waals surface area (Å²) in [5, 5.41) is 10.1. The van der Waals surface area contributed by atoms with Gasteiger partial charge in [0, 0.05) is 0 Å². The fraction of sp³-hybridized carbons (Fsp3) is 0.846. The highest BCUT2D eigenvalue weighted by Gasteiger charge is 2.50. The monoisotopic (exact) mass is 194 g/mol. The number of allylic oxidation sites excluding steroid dienone is 2. The second-order valence-electron chi connectivity index (χ2n) is 5.99. The zero-order chi connectivity index (χ0) is 10.4. The van der Waals surface area contributed by atoms with Gasteiger partial charge >= 0.3 is 0 Å². The van der Waals surface area contributed by atoms with E-state index in [1.807, 2.05) is 0 Å². The van der Waals surface area contributed by atoms with Crippen LogP contribution in [-0.2, 0) is 0 Å². The van der Waals surface area contributed by atoms with Crippen LogP contribution in [0.1, 0.15) is 46.5 Å². The van der Waals surface area contributed by atoms with Crippen LogP contribution in [0.5, 0.6) is 0 Å². The molecular formula is C13H22O. The van der Waals surface area contributed by atoms with Crippen molar-refractivity contribution in [2.75, 3.05) is 0 Å². The van der Waals surface area contributed by atoms with Crippen LogP contribution in [0.2, 0.25) is 0 Å². The average molecular weight is 194 g/mol. The molecule has 0 saturated heterocycles. The molecule has 1 fully saturated rings. The van der Waals surface area contributed by atoms with Gasteiger partial charge < -0.3 is 5.11 Å². The Labute approximate surface area is 87.2 Å². The molecule has 0 amide bonds. The van der Waals surface area contributed by atoms with Gasteiger partial charge in [0.1, 0.15) is 0 Å². The summed E-state index contributed by atoms with van der Waals surface area (Å²) in [4.78, 5) is 0. The second-order valence-corrected chi connectivity index (χ2v) is 5.99. The normalized spacial score (nSPS) is 46.0. The molecule has 2 rings (SSSR count). The van der Waals surface area contributed by atoms with E-state index in [4.69, 9.17) is 0 Å². The zero-order valence-electron chi connectivity index (χ0n) is 9.59. The molecule has 0 aromatic heterocycles. The molecule has 2 aliphatic rings. The van der Waals surface area contributed by atoms with Gasteiger partial charge in [-0.3, -0.25) is 0 Å². The van der Waals surface area contributed by atoms with E-state index in [0.717, 1.165) is 12.8 Å². The summed E-state index contributed by atoms with van der Waals surface area (Å²) < 4.78 is 0. The lowest BCUT2D eigenvalue weighted by molar-refractivity contribution is -0.0951. The van der Waals surface area contributed by atoms with Crippen molar-refractivity contribution in [3.63, 3.8) is 0 Å². The molecule has 3 atom stereocenters. The van der Waals surface area contributed by atoms with Crippen LogP contribution in [0, 0.1) is 16.7 Å². The number of hydrogen-bond acceptors (Lipinski definition) is 1. The number of hydrogen-bond donors (Lipinski definition) is 1. The van der Waals surface area contributed by atoms with Crippen LogP contribution in [0.15, 0.2) is 12.2 Å². The van der Waals surface area contributed by atoms with Crippen LogP contribution >= 0.6 is 0 Å². The summed E-state index contributed by atoms with van der Waals surface area (Å²) in [6.45, 7) is 6.87. The molecule has 0 heterocycles. The van der Waals surface area contributed by atoms with Crippen molar-refractivity contribution in [2.24, 2.45) is 16.7 Å². The standard InChI is InChI=1S/C13H22O/c1-12(2)10-6-4-5-8-13(10,3)9-7-11(12)14/h4-5,10-11,14H,6-9H2,1-3H3/t10-,11-,13+/m0/s1. The SMILES string of the molecule is CC1(C)[C@@H](O)CC[C@@]2(C)CC=CC[C@@H]12. The maximum atomic E-state index is 10.1. The van der Waals surface area contributed by atoms with Crippen molar-refractivity contribution in [1.29, 1.82) is 0 Å². The minimum absolute atomic E-state index is 0.0950. The maximum Gasteiger partial charge on any atom is 0.0594 e. The fourth-order valence-electron chi connectivity index (χ4n) is 3.56. The summed E-state index contributed by atoms with van der Waals surface area (Å²) >= 11 is 0. The highest BCUT2D eigenvalue weighted by atomic mass is 16.3. The molecule has 2 aliphatic carbocycles. The average Bonchev–Trinajstić information content (AvgIpc) is 2.13. The molecule has 0 aromatic rings. The van der Waals surface area contributed by atoms with E-state index < -0.39 is 0 Å². The van der Waals surface area contributed by atoms with E-state index in [9.17, 15) is 5.11 Å². The maximum absolute atomic E-state index is 10.1. The largest absolute Gasteiger partial charge is 0.393 e. The number of aliphatic hydroxyl groups excluding tert-OH is 1. The van der Waals surface area contributed by atoms with Crippen molar-refractivity contribution in [3.8, 4) is 0 Å². The van der Waals surface area contributed by atoms with Crippen molar-refractivity contribution in [3.05, 3.63) is 12.2 Å². The van der Waals surface area contributed by atoms with Crippen molar-refractivity contribution in [2.45, 2.75) is 52.6 Å². The first-order chi connectivity index (χ1) is 6.47. The Morgan fingerprint density at radius 2 is 1.93 bits per heavy atom. The third kappa shape index (κ3) is 1.33. The topological polar surface area (TPSA) is 20.2 Å². The van der Waals surface area contributed by atoms with Crippen LogP contribution < -0.4 is 0 Å². The molecule has 1 N–H and O–H groups in total. The molecule has 0 bridgehead atoms. The highest BCUT2D eigenvalue weighted by Crippen LogP contribution is 2.55. The molecule has 0 aliphatic heterocycles. The first-order valence-corrected chi connectivity index (χ1v) is 5.80. The molecule has 0 unspecified atom stereocenters. The minimum Gasteiger partial charge on any atom is -0.393 e. The summed E-state index contributed by atoms with van der Waals surface area (Å²) in [6, 6.07) is 0. The molecule has 80 valence electrons. The van der Waals surface area contributed by atoms with E-state index in [2.05, 4.69) is 32.9 Å². The Kier molecular flexibility index (Phi) is 2.26. The summed E-state index contributed by atoms with van der Waals surface area (Å²) in [7, 11) is 0. The van der Waals surface area contributed by atoms with Gasteiger partial charge in [0.2, 0.25) is 0 Å². The van der Waals surface area contributed by atoms with Gasteiger partial charge in [-0.25, -0.2) is 0 Å². The highest BCUT2D eigenvalue weighted by molar-refractivity contribution is 5.08. The molecule has 0 radical (unpaired) electrons. The first kappa shape index (κ1) is 10.2. The predicted molar refractivity (Wildman–Crippen MR) is 59.0 cm³/mol. The Balaban J connectivity index is 2.31. The van der Waals surface area contributed by atoms with Gasteiger partial charge in [-0.15, -0.1) is 0 Å². The lowest BCUT2D eigenvalue weighted by atomic mass is 9.52. The Morgan fingerprint density at radius 3 is 2.64 bits per heavy atom. The Morgan fingerprint density at radius 1 is 1.21 bits per heavy atom. The summed E-state index contributed by atoms with van der Waals surface area (Å²) in [5.41, 5.74) is 0.537. The van der Waals surface area contributed by atoms with Crippen molar-refractivity contribution >= 4 is 0 Å². The van der Waals surface area contributed by atoms with E-state index in [0.29, 0.717) is 11.3 Å². The third-order valence-electron chi connectivity index (χ3n) is 4.71. The Bertz CT molecular complexity index is 254. The van der Waals surface area contributed by atoms with Crippen molar-refractivity contribution < 1.29 is 5.11 Å². The van der Waals surface area contributed by atoms with E-state index >= 15 is 0 Å². The van der Waals surface area contributed by atoms with E-state index in [1.54, 1.807) is 0 Å². The van der Waals surface area contributed by atoms with Gasteiger partial charge in [0.05, 0.1) is 6.10 Å². The van der Waals surface area contributed by atoms with Crippen LogP contribution in [0.25, 0.3) is 0 Å². The zero-order valence-corrected chi connectivity index (χ0v) is 9.59. The second kappa shape index (κ2) is 3.10. The van der Waals surface area contributed by atoms with E-state index in [1.165, 1.54) is 12.8 Å². The van der Waals surface area contributed by atoms with Gasteiger partial charge in [-0.2, -0.15) is 0 Å².